The molecule has 2 aliphatic heterocycles. The van der Waals surface area contributed by atoms with E-state index in [1.807, 2.05) is 17.9 Å². The van der Waals surface area contributed by atoms with Crippen molar-refractivity contribution in [2.45, 2.75) is 24.5 Å². The van der Waals surface area contributed by atoms with Crippen molar-refractivity contribution < 1.29 is 4.74 Å². The molecule has 5 nitrogen and oxygen atoms in total. The van der Waals surface area contributed by atoms with E-state index < -0.39 is 0 Å². The molecule has 1 spiro atoms. The van der Waals surface area contributed by atoms with Crippen LogP contribution in [-0.4, -0.2) is 41.6 Å². The fourth-order valence-electron chi connectivity index (χ4n) is 2.97. The standard InChI is InChI=1S/C12H20N4O/c1-16-8-2-10(15-16)11-12(17-9-7-14-11)3-5-13-6-4-12/h2,8,11,13-14H,3-7,9H2,1H3. The van der Waals surface area contributed by atoms with Crippen molar-refractivity contribution in [1.82, 2.24) is 20.4 Å². The maximum absolute atomic E-state index is 6.13. The summed E-state index contributed by atoms with van der Waals surface area (Å²) in [5.74, 6) is 0. The van der Waals surface area contributed by atoms with Crippen LogP contribution in [0.2, 0.25) is 0 Å². The summed E-state index contributed by atoms with van der Waals surface area (Å²) in [5, 5.41) is 11.5. The molecule has 0 bridgehead atoms. The van der Waals surface area contributed by atoms with E-state index >= 15 is 0 Å². The van der Waals surface area contributed by atoms with Crippen LogP contribution in [0.4, 0.5) is 0 Å². The SMILES string of the molecule is Cn1ccc(C2NCCOC23CCNCC3)n1. The Kier molecular flexibility index (Phi) is 2.90. The molecule has 1 atom stereocenters. The molecule has 0 aliphatic carbocycles. The summed E-state index contributed by atoms with van der Waals surface area (Å²) in [6.07, 6.45) is 4.11. The van der Waals surface area contributed by atoms with Gasteiger partial charge in [-0.15, -0.1) is 0 Å². The van der Waals surface area contributed by atoms with E-state index in [4.69, 9.17) is 4.74 Å². The van der Waals surface area contributed by atoms with Crippen molar-refractivity contribution in [3.63, 3.8) is 0 Å². The first kappa shape index (κ1) is 11.2. The molecule has 3 heterocycles. The van der Waals surface area contributed by atoms with Crippen LogP contribution < -0.4 is 10.6 Å². The lowest BCUT2D eigenvalue weighted by Gasteiger charge is -2.46. The number of hydrogen-bond donors (Lipinski definition) is 2. The van der Waals surface area contributed by atoms with Gasteiger partial charge in [-0.05, 0) is 32.0 Å². The van der Waals surface area contributed by atoms with Crippen LogP contribution in [0.3, 0.4) is 0 Å². The lowest BCUT2D eigenvalue weighted by atomic mass is 9.82. The van der Waals surface area contributed by atoms with E-state index in [9.17, 15) is 0 Å². The first-order valence-corrected chi connectivity index (χ1v) is 6.38. The first-order valence-electron chi connectivity index (χ1n) is 6.38. The van der Waals surface area contributed by atoms with Crippen molar-refractivity contribution in [2.24, 2.45) is 7.05 Å². The number of ether oxygens (including phenoxy) is 1. The lowest BCUT2D eigenvalue weighted by molar-refractivity contribution is -0.116. The van der Waals surface area contributed by atoms with E-state index in [2.05, 4.69) is 21.8 Å². The predicted molar refractivity (Wildman–Crippen MR) is 64.7 cm³/mol. The molecule has 94 valence electrons. The Bertz CT molecular complexity index is 375. The van der Waals surface area contributed by atoms with Crippen LogP contribution in [-0.2, 0) is 11.8 Å². The summed E-state index contributed by atoms with van der Waals surface area (Å²) in [5.41, 5.74) is 1.05. The number of piperidine rings is 1. The Balaban J connectivity index is 1.89. The summed E-state index contributed by atoms with van der Waals surface area (Å²) in [6, 6.07) is 2.33. The van der Waals surface area contributed by atoms with Gasteiger partial charge >= 0.3 is 0 Å². The van der Waals surface area contributed by atoms with Gasteiger partial charge in [-0.1, -0.05) is 0 Å². The molecule has 0 saturated carbocycles. The molecule has 3 rings (SSSR count). The van der Waals surface area contributed by atoms with Crippen LogP contribution in [0.5, 0.6) is 0 Å². The smallest absolute Gasteiger partial charge is 0.0917 e. The fraction of sp³-hybridized carbons (Fsp3) is 0.750. The first-order chi connectivity index (χ1) is 8.30. The van der Waals surface area contributed by atoms with Gasteiger partial charge in [-0.3, -0.25) is 4.68 Å². The number of nitrogens with zero attached hydrogens (tertiary/aromatic N) is 2. The zero-order valence-electron chi connectivity index (χ0n) is 10.3. The highest BCUT2D eigenvalue weighted by Crippen LogP contribution is 2.37. The molecular formula is C12H20N4O. The molecule has 0 aromatic carbocycles. The van der Waals surface area contributed by atoms with Crippen molar-refractivity contribution in [3.05, 3.63) is 18.0 Å². The molecule has 1 aromatic heterocycles. The van der Waals surface area contributed by atoms with Gasteiger partial charge in [0.15, 0.2) is 0 Å². The normalized spacial score (nSPS) is 28.4. The molecule has 2 N–H and O–H groups in total. The third-order valence-electron chi connectivity index (χ3n) is 3.85. The zero-order valence-corrected chi connectivity index (χ0v) is 10.3. The number of rotatable bonds is 1. The van der Waals surface area contributed by atoms with Crippen LogP contribution in [0.15, 0.2) is 12.3 Å². The van der Waals surface area contributed by atoms with E-state index in [1.54, 1.807) is 0 Å². The van der Waals surface area contributed by atoms with Crippen molar-refractivity contribution in [3.8, 4) is 0 Å². The number of aryl methyl sites for hydroxylation is 1. The topological polar surface area (TPSA) is 51.1 Å². The highest BCUT2D eigenvalue weighted by molar-refractivity contribution is 5.14. The average Bonchev–Trinajstić information content (AvgIpc) is 2.77. The molecule has 2 aliphatic rings. The third-order valence-corrected chi connectivity index (χ3v) is 3.85. The number of hydrogen-bond acceptors (Lipinski definition) is 4. The van der Waals surface area contributed by atoms with Crippen LogP contribution in [0.25, 0.3) is 0 Å². The molecule has 2 fully saturated rings. The van der Waals surface area contributed by atoms with E-state index in [0.29, 0.717) is 0 Å². The Labute approximate surface area is 102 Å². The molecule has 2 saturated heterocycles. The summed E-state index contributed by atoms with van der Waals surface area (Å²) in [4.78, 5) is 0. The fourth-order valence-corrected chi connectivity index (χ4v) is 2.97. The molecular weight excluding hydrogens is 216 g/mol. The number of nitrogens with one attached hydrogen (secondary N) is 2. The van der Waals surface area contributed by atoms with Crippen molar-refractivity contribution in [1.29, 1.82) is 0 Å². The Morgan fingerprint density at radius 3 is 2.94 bits per heavy atom. The zero-order chi connectivity index (χ0) is 11.7. The van der Waals surface area contributed by atoms with Gasteiger partial charge in [-0.25, -0.2) is 0 Å². The molecule has 1 unspecified atom stereocenters. The molecule has 0 amide bonds. The van der Waals surface area contributed by atoms with E-state index in [-0.39, 0.29) is 11.6 Å². The van der Waals surface area contributed by atoms with Gasteiger partial charge in [-0.2, -0.15) is 5.10 Å². The Morgan fingerprint density at radius 1 is 1.41 bits per heavy atom. The Hall–Kier alpha value is -0.910. The largest absolute Gasteiger partial charge is 0.372 e. The minimum atomic E-state index is -0.0577. The summed E-state index contributed by atoms with van der Waals surface area (Å²) >= 11 is 0. The van der Waals surface area contributed by atoms with Crippen LogP contribution >= 0.6 is 0 Å². The van der Waals surface area contributed by atoms with Gasteiger partial charge in [0, 0.05) is 19.8 Å². The molecule has 5 heteroatoms. The van der Waals surface area contributed by atoms with Crippen molar-refractivity contribution >= 4 is 0 Å². The van der Waals surface area contributed by atoms with Crippen LogP contribution in [0.1, 0.15) is 24.6 Å². The minimum absolute atomic E-state index is 0.0577. The van der Waals surface area contributed by atoms with Crippen molar-refractivity contribution in [2.75, 3.05) is 26.2 Å². The maximum Gasteiger partial charge on any atom is 0.0917 e. The second-order valence-corrected chi connectivity index (χ2v) is 4.96. The highest BCUT2D eigenvalue weighted by atomic mass is 16.5. The predicted octanol–water partition coefficient (Wildman–Crippen LogP) is 0.203. The highest BCUT2D eigenvalue weighted by Gasteiger charge is 2.44. The van der Waals surface area contributed by atoms with Gasteiger partial charge in [0.25, 0.3) is 0 Å². The second-order valence-electron chi connectivity index (χ2n) is 4.96. The van der Waals surface area contributed by atoms with Gasteiger partial charge < -0.3 is 15.4 Å². The van der Waals surface area contributed by atoms with Crippen LogP contribution in [0, 0.1) is 0 Å². The van der Waals surface area contributed by atoms with Gasteiger partial charge in [0.1, 0.15) is 0 Å². The quantitative estimate of drug-likeness (QED) is 0.731. The number of aromatic nitrogens is 2. The monoisotopic (exact) mass is 236 g/mol. The average molecular weight is 236 g/mol. The minimum Gasteiger partial charge on any atom is -0.372 e. The van der Waals surface area contributed by atoms with Gasteiger partial charge in [0.2, 0.25) is 0 Å². The number of morpholine rings is 1. The molecule has 0 radical (unpaired) electrons. The molecule has 17 heavy (non-hydrogen) atoms. The van der Waals surface area contributed by atoms with E-state index in [0.717, 1.165) is 44.8 Å². The summed E-state index contributed by atoms with van der Waals surface area (Å²) in [7, 11) is 1.96. The third kappa shape index (κ3) is 1.99. The Morgan fingerprint density at radius 2 is 2.24 bits per heavy atom. The summed E-state index contributed by atoms with van der Waals surface area (Å²) in [6.45, 7) is 3.79. The maximum atomic E-state index is 6.13. The molecule has 1 aromatic rings. The van der Waals surface area contributed by atoms with E-state index in [1.165, 1.54) is 0 Å². The van der Waals surface area contributed by atoms with Gasteiger partial charge in [0.05, 0.1) is 23.9 Å². The lowest BCUT2D eigenvalue weighted by Crippen LogP contribution is -2.56. The summed E-state index contributed by atoms with van der Waals surface area (Å²) < 4.78 is 7.99. The second kappa shape index (κ2) is 4.40.